The average Bonchev–Trinajstić information content (AvgIpc) is 3.19. The molecule has 0 aliphatic rings. The minimum Gasteiger partial charge on any atom is -0.462 e. The molecule has 0 aliphatic heterocycles. The van der Waals surface area contributed by atoms with Crippen molar-refractivity contribution in [2.45, 2.75) is 302 Å². The number of amides is 1. The number of hydrogen-bond acceptors (Lipinski definition) is 5. The van der Waals surface area contributed by atoms with Crippen LogP contribution in [0.2, 0.25) is 0 Å². The van der Waals surface area contributed by atoms with E-state index in [1.165, 1.54) is 199 Å². The quantitative estimate of drug-likeness (QED) is 0.0421. The van der Waals surface area contributed by atoms with Crippen LogP contribution in [-0.4, -0.2) is 46.9 Å². The van der Waals surface area contributed by atoms with E-state index in [-0.39, 0.29) is 24.9 Å². The number of rotatable bonds is 46. The molecule has 0 saturated carbocycles. The van der Waals surface area contributed by atoms with Crippen molar-refractivity contribution in [1.82, 2.24) is 5.32 Å². The molecule has 3 atom stereocenters. The SMILES string of the molecule is CCCCCCCCCCCCCCCCC(O)C(CO)NC(=O)CC(CCCCCCCCCCCC)OC(=O)CCCCCCCCCCCCCCC. The van der Waals surface area contributed by atoms with Crippen molar-refractivity contribution in [1.29, 1.82) is 0 Å². The minimum absolute atomic E-state index is 0.0872. The van der Waals surface area contributed by atoms with E-state index in [9.17, 15) is 19.8 Å². The molecule has 0 spiro atoms. The van der Waals surface area contributed by atoms with E-state index in [4.69, 9.17) is 4.74 Å². The van der Waals surface area contributed by atoms with Crippen LogP contribution < -0.4 is 5.32 Å². The summed E-state index contributed by atoms with van der Waals surface area (Å²) in [4.78, 5) is 26.0. The highest BCUT2D eigenvalue weighted by molar-refractivity contribution is 5.77. The molecule has 0 saturated heterocycles. The molecule has 3 N–H and O–H groups in total. The molecule has 1 amide bonds. The van der Waals surface area contributed by atoms with E-state index in [0.717, 1.165) is 38.5 Å². The van der Waals surface area contributed by atoms with E-state index in [1.54, 1.807) is 0 Å². The third-order valence-electron chi connectivity index (χ3n) is 11.9. The van der Waals surface area contributed by atoms with Crippen LogP contribution in [0.3, 0.4) is 0 Å². The Balaban J connectivity index is 4.45. The fraction of sp³-hybridized carbons (Fsp3) is 0.960. The van der Waals surface area contributed by atoms with E-state index in [2.05, 4.69) is 26.1 Å². The largest absolute Gasteiger partial charge is 0.462 e. The van der Waals surface area contributed by atoms with Crippen molar-refractivity contribution in [3.63, 3.8) is 0 Å². The molecule has 0 aliphatic carbocycles. The summed E-state index contributed by atoms with van der Waals surface area (Å²) >= 11 is 0. The summed E-state index contributed by atoms with van der Waals surface area (Å²) in [7, 11) is 0. The number of aliphatic hydroxyl groups is 2. The first-order valence-electron chi connectivity index (χ1n) is 25.3. The summed E-state index contributed by atoms with van der Waals surface area (Å²) < 4.78 is 5.92. The molecular weight excluding hydrogens is 695 g/mol. The molecule has 0 radical (unpaired) electrons. The molecule has 0 rings (SSSR count). The topological polar surface area (TPSA) is 95.9 Å². The van der Waals surface area contributed by atoms with Crippen molar-refractivity contribution in [2.24, 2.45) is 0 Å². The van der Waals surface area contributed by atoms with Gasteiger partial charge in [-0.2, -0.15) is 0 Å². The van der Waals surface area contributed by atoms with Gasteiger partial charge in [-0.1, -0.05) is 245 Å². The van der Waals surface area contributed by atoms with Crippen LogP contribution in [0.25, 0.3) is 0 Å². The smallest absolute Gasteiger partial charge is 0.306 e. The molecule has 6 heteroatoms. The van der Waals surface area contributed by atoms with Crippen molar-refractivity contribution < 1.29 is 24.5 Å². The first-order chi connectivity index (χ1) is 27.5. The number of ether oxygens (including phenoxy) is 1. The lowest BCUT2D eigenvalue weighted by Gasteiger charge is -2.24. The molecule has 334 valence electrons. The summed E-state index contributed by atoms with van der Waals surface area (Å²) in [6, 6.07) is -0.691. The van der Waals surface area contributed by atoms with Crippen molar-refractivity contribution in [3.05, 3.63) is 0 Å². The normalized spacial score (nSPS) is 13.2. The Labute approximate surface area is 349 Å². The van der Waals surface area contributed by atoms with Gasteiger partial charge in [-0.05, 0) is 25.7 Å². The third-order valence-corrected chi connectivity index (χ3v) is 11.9. The highest BCUT2D eigenvalue weighted by Crippen LogP contribution is 2.18. The van der Waals surface area contributed by atoms with Crippen LogP contribution in [0.4, 0.5) is 0 Å². The predicted molar refractivity (Wildman–Crippen MR) is 241 cm³/mol. The van der Waals surface area contributed by atoms with Gasteiger partial charge in [0, 0.05) is 6.42 Å². The summed E-state index contributed by atoms with van der Waals surface area (Å²) in [5, 5.41) is 23.7. The highest BCUT2D eigenvalue weighted by atomic mass is 16.5. The number of unbranched alkanes of at least 4 members (excludes halogenated alkanes) is 34. The number of carbonyl (C=O) groups is 2. The first-order valence-corrected chi connectivity index (χ1v) is 25.3. The van der Waals surface area contributed by atoms with Gasteiger partial charge in [0.1, 0.15) is 6.10 Å². The summed E-state index contributed by atoms with van der Waals surface area (Å²) in [6.07, 6.45) is 47.3. The molecule has 0 aromatic carbocycles. The second kappa shape index (κ2) is 45.0. The fourth-order valence-electron chi connectivity index (χ4n) is 8.08. The van der Waals surface area contributed by atoms with Gasteiger partial charge in [-0.3, -0.25) is 9.59 Å². The number of nitrogens with one attached hydrogen (secondary N) is 1. The fourth-order valence-corrected chi connectivity index (χ4v) is 8.08. The molecule has 3 unspecified atom stereocenters. The van der Waals surface area contributed by atoms with E-state index >= 15 is 0 Å². The van der Waals surface area contributed by atoms with Crippen LogP contribution in [0.5, 0.6) is 0 Å². The average molecular weight is 794 g/mol. The Bertz CT molecular complexity index is 806. The monoisotopic (exact) mass is 794 g/mol. The number of hydrogen-bond donors (Lipinski definition) is 3. The number of carbonyl (C=O) groups excluding carboxylic acids is 2. The maximum absolute atomic E-state index is 13.2. The van der Waals surface area contributed by atoms with Crippen LogP contribution >= 0.6 is 0 Å². The van der Waals surface area contributed by atoms with Crippen molar-refractivity contribution in [2.75, 3.05) is 6.61 Å². The molecule has 0 aromatic rings. The lowest BCUT2D eigenvalue weighted by molar-refractivity contribution is -0.151. The summed E-state index contributed by atoms with van der Waals surface area (Å²) in [5.41, 5.74) is 0. The summed E-state index contributed by atoms with van der Waals surface area (Å²) in [6.45, 7) is 6.50. The zero-order chi connectivity index (χ0) is 41.0. The van der Waals surface area contributed by atoms with E-state index in [1.807, 2.05) is 0 Å². The van der Waals surface area contributed by atoms with Crippen LogP contribution in [0.1, 0.15) is 284 Å². The van der Waals surface area contributed by atoms with Gasteiger partial charge in [0.05, 0.1) is 25.2 Å². The van der Waals surface area contributed by atoms with Crippen LogP contribution in [-0.2, 0) is 14.3 Å². The number of aliphatic hydroxyl groups excluding tert-OH is 2. The molecule has 0 fully saturated rings. The van der Waals surface area contributed by atoms with Crippen molar-refractivity contribution in [3.8, 4) is 0 Å². The van der Waals surface area contributed by atoms with Gasteiger partial charge < -0.3 is 20.3 Å². The van der Waals surface area contributed by atoms with Gasteiger partial charge in [-0.15, -0.1) is 0 Å². The van der Waals surface area contributed by atoms with Gasteiger partial charge in [0.25, 0.3) is 0 Å². The molecule has 56 heavy (non-hydrogen) atoms. The van der Waals surface area contributed by atoms with Gasteiger partial charge in [0.2, 0.25) is 5.91 Å². The summed E-state index contributed by atoms with van der Waals surface area (Å²) in [5.74, 6) is -0.454. The Morgan fingerprint density at radius 1 is 0.446 bits per heavy atom. The lowest BCUT2D eigenvalue weighted by Crippen LogP contribution is -2.46. The van der Waals surface area contributed by atoms with Crippen LogP contribution in [0.15, 0.2) is 0 Å². The predicted octanol–water partition coefficient (Wildman–Crippen LogP) is 14.8. The standard InChI is InChI=1S/C50H99NO5/c1-4-7-10-13-16-19-22-24-26-27-30-33-36-39-42-48(53)47(45-52)51-49(54)44-46(41-38-35-32-29-21-18-15-12-9-6-3)56-50(55)43-40-37-34-31-28-25-23-20-17-14-11-8-5-2/h46-48,52-53H,4-45H2,1-3H3,(H,51,54). The van der Waals surface area contributed by atoms with Gasteiger partial charge >= 0.3 is 5.97 Å². The maximum Gasteiger partial charge on any atom is 0.306 e. The van der Waals surface area contributed by atoms with Crippen LogP contribution in [0, 0.1) is 0 Å². The lowest BCUT2D eigenvalue weighted by atomic mass is 10.0. The maximum atomic E-state index is 13.2. The second-order valence-corrected chi connectivity index (χ2v) is 17.6. The zero-order valence-corrected chi connectivity index (χ0v) is 38.0. The third kappa shape index (κ3) is 39.7. The van der Waals surface area contributed by atoms with E-state index in [0.29, 0.717) is 19.3 Å². The Morgan fingerprint density at radius 3 is 1.09 bits per heavy atom. The molecule has 0 bridgehead atoms. The highest BCUT2D eigenvalue weighted by Gasteiger charge is 2.24. The van der Waals surface area contributed by atoms with Crippen molar-refractivity contribution >= 4 is 11.9 Å². The van der Waals surface area contributed by atoms with Gasteiger partial charge in [-0.25, -0.2) is 0 Å². The Hall–Kier alpha value is -1.14. The Morgan fingerprint density at radius 2 is 0.750 bits per heavy atom. The second-order valence-electron chi connectivity index (χ2n) is 17.6. The zero-order valence-electron chi connectivity index (χ0n) is 38.0. The molecule has 0 heterocycles. The molecule has 6 nitrogen and oxygen atoms in total. The molecule has 0 aromatic heterocycles. The first kappa shape index (κ1) is 54.9. The Kier molecular flexibility index (Phi) is 44.0. The van der Waals surface area contributed by atoms with E-state index < -0.39 is 18.2 Å². The minimum atomic E-state index is -0.778. The molecular formula is C50H99NO5. The number of esters is 1. The van der Waals surface area contributed by atoms with Gasteiger partial charge in [0.15, 0.2) is 0 Å².